The summed E-state index contributed by atoms with van der Waals surface area (Å²) in [6.07, 6.45) is 0. The highest BCUT2D eigenvalue weighted by Crippen LogP contribution is 2.37. The van der Waals surface area contributed by atoms with Crippen LogP contribution in [-0.4, -0.2) is 13.3 Å². The van der Waals surface area contributed by atoms with Crippen LogP contribution in [0.1, 0.15) is 0 Å². The average molecular weight is 112 g/mol. The molecule has 4 heteroatoms. The first-order valence-corrected chi connectivity index (χ1v) is 3.93. The van der Waals surface area contributed by atoms with Gasteiger partial charge >= 0.3 is 0 Å². The monoisotopic (exact) mass is 112 g/mol. The molecule has 0 aromatic rings. The van der Waals surface area contributed by atoms with Gasteiger partial charge in [0, 0.05) is 13.3 Å². The van der Waals surface area contributed by atoms with E-state index in [4.69, 9.17) is 0 Å². The van der Waals surface area contributed by atoms with Gasteiger partial charge in [0.2, 0.25) is 7.37 Å². The summed E-state index contributed by atoms with van der Waals surface area (Å²) in [6, 6.07) is 0. The summed E-state index contributed by atoms with van der Waals surface area (Å²) in [7, 11) is -2.81. The number of hydrogen-bond donors (Lipinski definition) is 0. The van der Waals surface area contributed by atoms with Gasteiger partial charge in [-0.3, -0.25) is 4.57 Å². The Labute approximate surface area is 35.7 Å². The van der Waals surface area contributed by atoms with Gasteiger partial charge in [-0.1, -0.05) is 0 Å². The predicted octanol–water partition coefficient (Wildman–Crippen LogP) is 1.43. The molecule has 38 valence electrons. The zero-order chi connectivity index (χ0) is 5.21. The molecule has 0 aromatic carbocycles. The first-order valence-electron chi connectivity index (χ1n) is 1.41. The molecule has 0 N–H and O–H groups in total. The van der Waals surface area contributed by atoms with E-state index in [1.165, 1.54) is 13.3 Å². The van der Waals surface area contributed by atoms with Crippen LogP contribution >= 0.6 is 7.37 Å². The van der Waals surface area contributed by atoms with Crippen LogP contribution in [0.15, 0.2) is 0 Å². The smallest absolute Gasteiger partial charge is 0.235 e. The van der Waals surface area contributed by atoms with E-state index in [1.54, 1.807) is 0 Å². The van der Waals surface area contributed by atoms with E-state index in [0.717, 1.165) is 0 Å². The van der Waals surface area contributed by atoms with Crippen molar-refractivity contribution in [1.29, 1.82) is 0 Å². The average Bonchev–Trinajstić information content (AvgIpc) is 1.35. The molecule has 0 aliphatic carbocycles. The third-order valence-corrected chi connectivity index (χ3v) is 0.499. The molecule has 0 bridgehead atoms. The summed E-state index contributed by atoms with van der Waals surface area (Å²) < 4.78 is 23.7. The molecule has 0 rings (SSSR count). The lowest BCUT2D eigenvalue weighted by Gasteiger charge is -1.91. The van der Waals surface area contributed by atoms with Crippen molar-refractivity contribution in [1.82, 2.24) is 0 Å². The minimum Gasteiger partial charge on any atom is -0.290 e. The van der Waals surface area contributed by atoms with Gasteiger partial charge in [-0.05, 0) is 4.53 Å². The van der Waals surface area contributed by atoms with Crippen molar-refractivity contribution in [2.75, 3.05) is 13.3 Å². The second-order valence-corrected chi connectivity index (χ2v) is 3.96. The third kappa shape index (κ3) is 4.12. The Morgan fingerprint density at radius 1 is 1.67 bits per heavy atom. The van der Waals surface area contributed by atoms with Crippen LogP contribution in [-0.2, 0) is 9.29 Å². The Morgan fingerprint density at radius 2 is 1.83 bits per heavy atom. The lowest BCUT2D eigenvalue weighted by Crippen LogP contribution is -1.68. The normalized spacial score (nSPS) is 11.8. The summed E-state index contributed by atoms with van der Waals surface area (Å²) in [5, 5.41) is 0. The summed E-state index contributed by atoms with van der Waals surface area (Å²) in [5.41, 5.74) is 0. The van der Waals surface area contributed by atoms with Crippen molar-refractivity contribution in [2.45, 2.75) is 0 Å². The molecular formula is C2H6FO2P. The molecule has 0 aliphatic rings. The van der Waals surface area contributed by atoms with Crippen molar-refractivity contribution in [3.8, 4) is 0 Å². The number of rotatable bonds is 1. The lowest BCUT2D eigenvalue weighted by molar-refractivity contribution is -0.0000275. The Morgan fingerprint density at radius 3 is 1.83 bits per heavy atom. The maximum absolute atomic E-state index is 10.7. The van der Waals surface area contributed by atoms with E-state index in [9.17, 15) is 9.09 Å². The summed E-state index contributed by atoms with van der Waals surface area (Å²) in [5.74, 6) is 0. The Bertz CT molecular complexity index is 75.6. The number of halogens is 1. The molecule has 0 spiro atoms. The predicted molar refractivity (Wildman–Crippen MR) is 21.6 cm³/mol. The van der Waals surface area contributed by atoms with E-state index in [1.807, 2.05) is 0 Å². The van der Waals surface area contributed by atoms with Gasteiger partial charge in [-0.15, -0.1) is 4.73 Å². The highest BCUT2D eigenvalue weighted by molar-refractivity contribution is 7.57. The van der Waals surface area contributed by atoms with Crippen LogP contribution in [0.2, 0.25) is 0 Å². The van der Waals surface area contributed by atoms with Crippen LogP contribution in [0.3, 0.4) is 0 Å². The molecule has 0 unspecified atom stereocenters. The molecule has 0 radical (unpaired) electrons. The van der Waals surface area contributed by atoms with Crippen molar-refractivity contribution in [3.63, 3.8) is 0 Å². The third-order valence-electron chi connectivity index (χ3n) is 0.166. The molecule has 0 saturated heterocycles. The molecule has 0 aromatic heterocycles. The standard InChI is InChI=1S/C2H6FO2P/c1-6(2,4)5-3/h1-2H3. The molecule has 0 fully saturated rings. The zero-order valence-electron chi connectivity index (χ0n) is 3.64. The van der Waals surface area contributed by atoms with Crippen LogP contribution in [0.5, 0.6) is 0 Å². The molecule has 6 heavy (non-hydrogen) atoms. The largest absolute Gasteiger partial charge is 0.290 e. The first kappa shape index (κ1) is 6.12. The Kier molecular flexibility index (Phi) is 1.75. The molecule has 0 amide bonds. The first-order chi connectivity index (χ1) is 2.56. The lowest BCUT2D eigenvalue weighted by atomic mass is 11.9. The van der Waals surface area contributed by atoms with Gasteiger partial charge < -0.3 is 0 Å². The van der Waals surface area contributed by atoms with Gasteiger partial charge in [0.25, 0.3) is 0 Å². The molecule has 2 nitrogen and oxygen atoms in total. The van der Waals surface area contributed by atoms with Crippen LogP contribution in [0.4, 0.5) is 4.53 Å². The van der Waals surface area contributed by atoms with Crippen molar-refractivity contribution in [3.05, 3.63) is 0 Å². The van der Waals surface area contributed by atoms with E-state index in [-0.39, 0.29) is 0 Å². The van der Waals surface area contributed by atoms with E-state index in [2.05, 4.69) is 4.73 Å². The maximum Gasteiger partial charge on any atom is 0.235 e. The zero-order valence-corrected chi connectivity index (χ0v) is 4.54. The minimum atomic E-state index is -2.81. The molecule has 0 aliphatic heterocycles. The highest BCUT2D eigenvalue weighted by Gasteiger charge is 2.04. The Balaban J connectivity index is 3.48. The molecule has 0 saturated carbocycles. The summed E-state index contributed by atoms with van der Waals surface area (Å²) in [6.45, 7) is 2.40. The van der Waals surface area contributed by atoms with Crippen molar-refractivity contribution < 1.29 is 13.8 Å². The summed E-state index contributed by atoms with van der Waals surface area (Å²) >= 11 is 0. The maximum atomic E-state index is 10.7. The van der Waals surface area contributed by atoms with Gasteiger partial charge in [-0.25, -0.2) is 0 Å². The van der Waals surface area contributed by atoms with E-state index < -0.39 is 7.37 Å². The fraction of sp³-hybridized carbons (Fsp3) is 1.00. The second kappa shape index (κ2) is 1.71. The quantitative estimate of drug-likeness (QED) is 0.479. The van der Waals surface area contributed by atoms with Gasteiger partial charge in [0.1, 0.15) is 0 Å². The highest BCUT2D eigenvalue weighted by atomic mass is 31.2. The van der Waals surface area contributed by atoms with Crippen molar-refractivity contribution in [2.24, 2.45) is 0 Å². The van der Waals surface area contributed by atoms with Crippen LogP contribution in [0.25, 0.3) is 0 Å². The SMILES string of the molecule is CP(C)(=O)OF. The van der Waals surface area contributed by atoms with Crippen LogP contribution in [0, 0.1) is 0 Å². The van der Waals surface area contributed by atoms with Crippen molar-refractivity contribution >= 4 is 7.37 Å². The minimum absolute atomic E-state index is 1.20. The van der Waals surface area contributed by atoms with E-state index in [0.29, 0.717) is 0 Å². The Hall–Kier alpha value is 0.120. The van der Waals surface area contributed by atoms with Gasteiger partial charge in [0.05, 0.1) is 0 Å². The second-order valence-electron chi connectivity index (χ2n) is 1.32. The molecule has 0 atom stereocenters. The summed E-state index contributed by atoms with van der Waals surface area (Å²) in [4.78, 5) is 0. The topological polar surface area (TPSA) is 26.3 Å². The fourth-order valence-corrected chi connectivity index (χ4v) is 0. The van der Waals surface area contributed by atoms with E-state index >= 15 is 0 Å². The molecule has 0 heterocycles. The number of hydrogen-bond acceptors (Lipinski definition) is 2. The fourth-order valence-electron chi connectivity index (χ4n) is 0. The van der Waals surface area contributed by atoms with Crippen LogP contribution < -0.4 is 0 Å². The van der Waals surface area contributed by atoms with Gasteiger partial charge in [0.15, 0.2) is 0 Å². The van der Waals surface area contributed by atoms with Gasteiger partial charge in [-0.2, -0.15) is 0 Å². The molecular weight excluding hydrogens is 106 g/mol.